The molecule has 0 spiro atoms. The van der Waals surface area contributed by atoms with Crippen LogP contribution in [-0.2, 0) is 14.3 Å². The van der Waals surface area contributed by atoms with Crippen molar-refractivity contribution in [1.29, 1.82) is 0 Å². The molecule has 1 aromatic carbocycles. The van der Waals surface area contributed by atoms with Gasteiger partial charge in [-0.15, -0.1) is 0 Å². The first kappa shape index (κ1) is 16.6. The molecule has 7 heteroatoms. The van der Waals surface area contributed by atoms with Gasteiger partial charge < -0.3 is 20.1 Å². The van der Waals surface area contributed by atoms with E-state index < -0.39 is 18.0 Å². The van der Waals surface area contributed by atoms with Gasteiger partial charge in [-0.3, -0.25) is 9.59 Å². The van der Waals surface area contributed by atoms with Crippen LogP contribution in [0.5, 0.6) is 0 Å². The molecular formula is C14H18N2O5. The fourth-order valence-electron chi connectivity index (χ4n) is 1.68. The summed E-state index contributed by atoms with van der Waals surface area (Å²) in [5.41, 5.74) is 0.738. The number of hydrogen-bond acceptors (Lipinski definition) is 4. The molecule has 0 heterocycles. The third-order valence-electron chi connectivity index (χ3n) is 2.99. The lowest BCUT2D eigenvalue weighted by atomic mass is 10.1. The van der Waals surface area contributed by atoms with Gasteiger partial charge in [0, 0.05) is 21.1 Å². The van der Waals surface area contributed by atoms with Crippen LogP contribution in [0, 0.1) is 0 Å². The molecule has 1 atom stereocenters. The van der Waals surface area contributed by atoms with E-state index in [1.54, 1.807) is 31.3 Å². The lowest BCUT2D eigenvalue weighted by Crippen LogP contribution is -2.38. The smallest absolute Gasteiger partial charge is 0.334 e. The molecule has 0 bridgehead atoms. The molecule has 0 aliphatic rings. The van der Waals surface area contributed by atoms with E-state index in [-0.39, 0.29) is 18.0 Å². The van der Waals surface area contributed by atoms with Crippen LogP contribution in [0.2, 0.25) is 0 Å². The third kappa shape index (κ3) is 4.28. The zero-order valence-electron chi connectivity index (χ0n) is 12.1. The van der Waals surface area contributed by atoms with Gasteiger partial charge in [-0.2, -0.15) is 0 Å². The summed E-state index contributed by atoms with van der Waals surface area (Å²) in [6.07, 6.45) is -1.12. The van der Waals surface area contributed by atoms with Crippen molar-refractivity contribution in [2.24, 2.45) is 0 Å². The van der Waals surface area contributed by atoms with Crippen molar-refractivity contribution in [2.75, 3.05) is 25.6 Å². The number of nitrogens with zero attached hydrogens (tertiary/aromatic N) is 1. The fourth-order valence-corrected chi connectivity index (χ4v) is 1.68. The average Bonchev–Trinajstić information content (AvgIpc) is 2.46. The first-order chi connectivity index (χ1) is 9.88. The molecule has 1 rings (SSSR count). The molecule has 21 heavy (non-hydrogen) atoms. The average molecular weight is 294 g/mol. The maximum atomic E-state index is 12.1. The normalized spacial score (nSPS) is 11.6. The van der Waals surface area contributed by atoms with Gasteiger partial charge in [0.25, 0.3) is 5.91 Å². The SMILES string of the molecule is COC(CNC(=O)c1ccccc1N(C)C(C)=O)C(=O)O. The van der Waals surface area contributed by atoms with E-state index in [1.165, 1.54) is 18.9 Å². The Morgan fingerprint density at radius 3 is 2.48 bits per heavy atom. The number of carboxylic acid groups (broad SMARTS) is 1. The minimum Gasteiger partial charge on any atom is -0.479 e. The van der Waals surface area contributed by atoms with Crippen LogP contribution in [0.1, 0.15) is 17.3 Å². The van der Waals surface area contributed by atoms with Crippen molar-refractivity contribution in [2.45, 2.75) is 13.0 Å². The molecule has 2 amide bonds. The summed E-state index contributed by atoms with van der Waals surface area (Å²) in [4.78, 5) is 35.7. The van der Waals surface area contributed by atoms with Crippen LogP contribution < -0.4 is 10.2 Å². The second-order valence-electron chi connectivity index (χ2n) is 4.37. The molecule has 0 saturated heterocycles. The van der Waals surface area contributed by atoms with E-state index in [1.807, 2.05) is 0 Å². The summed E-state index contributed by atoms with van der Waals surface area (Å²) in [5, 5.41) is 11.3. The van der Waals surface area contributed by atoms with Crippen molar-refractivity contribution < 1.29 is 24.2 Å². The molecule has 0 aliphatic heterocycles. The molecule has 1 unspecified atom stereocenters. The number of rotatable bonds is 6. The highest BCUT2D eigenvalue weighted by molar-refractivity contribution is 6.04. The molecule has 7 nitrogen and oxygen atoms in total. The summed E-state index contributed by atoms with van der Waals surface area (Å²) in [7, 11) is 2.81. The minimum absolute atomic E-state index is 0.164. The van der Waals surface area contributed by atoms with E-state index in [2.05, 4.69) is 5.32 Å². The first-order valence-electron chi connectivity index (χ1n) is 6.25. The van der Waals surface area contributed by atoms with E-state index in [0.29, 0.717) is 5.69 Å². The van der Waals surface area contributed by atoms with Crippen molar-refractivity contribution in [1.82, 2.24) is 5.32 Å². The molecule has 0 fully saturated rings. The predicted molar refractivity (Wildman–Crippen MR) is 76.3 cm³/mol. The zero-order valence-corrected chi connectivity index (χ0v) is 12.1. The quantitative estimate of drug-likeness (QED) is 0.796. The second kappa shape index (κ2) is 7.39. The minimum atomic E-state index is -1.16. The van der Waals surface area contributed by atoms with E-state index in [9.17, 15) is 14.4 Å². The molecule has 0 saturated carbocycles. The summed E-state index contributed by atoms with van der Waals surface area (Å²) < 4.78 is 4.74. The number of nitrogens with one attached hydrogen (secondary N) is 1. The number of hydrogen-bond donors (Lipinski definition) is 2. The summed E-state index contributed by atoms with van der Waals surface area (Å²) >= 11 is 0. The number of amides is 2. The maximum absolute atomic E-state index is 12.1. The lowest BCUT2D eigenvalue weighted by Gasteiger charge is -2.19. The van der Waals surface area contributed by atoms with Gasteiger partial charge in [-0.25, -0.2) is 4.79 Å². The monoisotopic (exact) mass is 294 g/mol. The number of aliphatic carboxylic acids is 1. The number of ether oxygens (including phenoxy) is 1. The Morgan fingerprint density at radius 1 is 1.33 bits per heavy atom. The number of benzene rings is 1. The molecule has 0 aromatic heterocycles. The van der Waals surface area contributed by atoms with Gasteiger partial charge in [0.15, 0.2) is 6.10 Å². The van der Waals surface area contributed by atoms with Crippen molar-refractivity contribution >= 4 is 23.5 Å². The standard InChI is InChI=1S/C14H18N2O5/c1-9(17)16(2)11-7-5-4-6-10(11)13(18)15-8-12(21-3)14(19)20/h4-7,12H,8H2,1-3H3,(H,15,18)(H,19,20). The zero-order chi connectivity index (χ0) is 16.0. The van der Waals surface area contributed by atoms with Crippen LogP contribution in [0.15, 0.2) is 24.3 Å². The van der Waals surface area contributed by atoms with Gasteiger partial charge >= 0.3 is 5.97 Å². The summed E-state index contributed by atoms with van der Waals surface area (Å²) in [6, 6.07) is 6.58. The first-order valence-corrected chi connectivity index (χ1v) is 6.25. The van der Waals surface area contributed by atoms with Crippen LogP contribution in [0.3, 0.4) is 0 Å². The van der Waals surface area contributed by atoms with Gasteiger partial charge in [0.05, 0.1) is 17.8 Å². The third-order valence-corrected chi connectivity index (χ3v) is 2.99. The summed E-state index contributed by atoms with van der Waals surface area (Å²) in [5.74, 6) is -1.84. The maximum Gasteiger partial charge on any atom is 0.334 e. The van der Waals surface area contributed by atoms with Crippen molar-refractivity contribution in [3.8, 4) is 0 Å². The number of carbonyl (C=O) groups excluding carboxylic acids is 2. The Bertz CT molecular complexity index is 544. The van der Waals surface area contributed by atoms with Gasteiger partial charge in [0.2, 0.25) is 5.91 Å². The highest BCUT2D eigenvalue weighted by atomic mass is 16.5. The van der Waals surface area contributed by atoms with Crippen molar-refractivity contribution in [3.05, 3.63) is 29.8 Å². The van der Waals surface area contributed by atoms with Crippen LogP contribution >= 0.6 is 0 Å². The van der Waals surface area contributed by atoms with Crippen molar-refractivity contribution in [3.63, 3.8) is 0 Å². The van der Waals surface area contributed by atoms with Gasteiger partial charge in [0.1, 0.15) is 0 Å². The highest BCUT2D eigenvalue weighted by Crippen LogP contribution is 2.19. The van der Waals surface area contributed by atoms with E-state index in [4.69, 9.17) is 9.84 Å². The molecule has 2 N–H and O–H groups in total. The molecule has 0 aliphatic carbocycles. The Labute approximate surface area is 122 Å². The number of anilines is 1. The number of carbonyl (C=O) groups is 3. The lowest BCUT2D eigenvalue weighted by molar-refractivity contribution is -0.148. The number of carboxylic acids is 1. The van der Waals surface area contributed by atoms with Crippen LogP contribution in [0.25, 0.3) is 0 Å². The van der Waals surface area contributed by atoms with E-state index in [0.717, 1.165) is 0 Å². The Kier molecular flexibility index (Phi) is 5.86. The van der Waals surface area contributed by atoms with Gasteiger partial charge in [-0.1, -0.05) is 12.1 Å². The Morgan fingerprint density at radius 2 is 1.95 bits per heavy atom. The number of para-hydroxylation sites is 1. The van der Waals surface area contributed by atoms with Crippen LogP contribution in [0.4, 0.5) is 5.69 Å². The molecule has 0 radical (unpaired) electrons. The largest absolute Gasteiger partial charge is 0.479 e. The van der Waals surface area contributed by atoms with Crippen LogP contribution in [-0.4, -0.2) is 49.7 Å². The Hall–Kier alpha value is -2.41. The molecular weight excluding hydrogens is 276 g/mol. The second-order valence-corrected chi connectivity index (χ2v) is 4.37. The topological polar surface area (TPSA) is 95.9 Å². The number of methoxy groups -OCH3 is 1. The predicted octanol–water partition coefficient (Wildman–Crippen LogP) is 0.499. The van der Waals surface area contributed by atoms with E-state index >= 15 is 0 Å². The fraction of sp³-hybridized carbons (Fsp3) is 0.357. The summed E-state index contributed by atoms with van der Waals surface area (Å²) in [6.45, 7) is 1.23. The molecule has 114 valence electrons. The Balaban J connectivity index is 2.88. The molecule has 1 aromatic rings. The highest BCUT2D eigenvalue weighted by Gasteiger charge is 2.20. The van der Waals surface area contributed by atoms with Gasteiger partial charge in [-0.05, 0) is 12.1 Å².